The number of halogens is 1. The summed E-state index contributed by atoms with van der Waals surface area (Å²) in [7, 11) is 0. The van der Waals surface area contributed by atoms with Gasteiger partial charge in [0.25, 0.3) is 0 Å². The molecule has 0 atom stereocenters. The largest absolute Gasteiger partial charge is 0.419 e. The van der Waals surface area contributed by atoms with Gasteiger partial charge in [-0.25, -0.2) is 9.18 Å². The fourth-order valence-corrected chi connectivity index (χ4v) is 4.92. The number of hydrogen-bond acceptors (Lipinski definition) is 2. The van der Waals surface area contributed by atoms with Crippen molar-refractivity contribution in [3.63, 3.8) is 0 Å². The maximum absolute atomic E-state index is 15.2. The molecule has 0 fully saturated rings. The van der Waals surface area contributed by atoms with Crippen molar-refractivity contribution in [3.8, 4) is 11.1 Å². The van der Waals surface area contributed by atoms with E-state index in [0.29, 0.717) is 22.8 Å². The number of rotatable bonds is 12. The summed E-state index contributed by atoms with van der Waals surface area (Å²) in [5.41, 5.74) is 3.59. The van der Waals surface area contributed by atoms with Crippen LogP contribution in [0.15, 0.2) is 63.8 Å². The predicted octanol–water partition coefficient (Wildman–Crippen LogP) is 9.39. The summed E-state index contributed by atoms with van der Waals surface area (Å²) in [4.78, 5) is 12.9. The molecule has 0 aliphatic rings. The summed E-state index contributed by atoms with van der Waals surface area (Å²) < 4.78 is 20.7. The van der Waals surface area contributed by atoms with E-state index in [1.165, 1.54) is 37.7 Å². The second-order valence-corrected chi connectivity index (χ2v) is 9.74. The van der Waals surface area contributed by atoms with Gasteiger partial charge >= 0.3 is 5.63 Å². The molecule has 3 heteroatoms. The van der Waals surface area contributed by atoms with Crippen LogP contribution in [-0.4, -0.2) is 0 Å². The number of unbranched alkanes of at least 4 members (excludes halogenated alkanes) is 7. The third-order valence-electron chi connectivity index (χ3n) is 7.06. The minimum atomic E-state index is -0.486. The summed E-state index contributed by atoms with van der Waals surface area (Å²) in [6.07, 6.45) is 12.5. The summed E-state index contributed by atoms with van der Waals surface area (Å²) in [6, 6.07) is 18.1. The molecule has 0 radical (unpaired) electrons. The molecule has 184 valence electrons. The van der Waals surface area contributed by atoms with Gasteiger partial charge in [0.05, 0.1) is 5.39 Å². The van der Waals surface area contributed by atoms with Crippen LogP contribution in [0, 0.1) is 5.82 Å². The Hall–Kier alpha value is -2.94. The second-order valence-electron chi connectivity index (χ2n) is 9.74. The Kier molecular flexibility index (Phi) is 8.74. The highest BCUT2D eigenvalue weighted by atomic mass is 19.1. The average molecular weight is 473 g/mol. The van der Waals surface area contributed by atoms with Crippen molar-refractivity contribution >= 4 is 21.7 Å². The third kappa shape index (κ3) is 6.01. The molecular formula is C32H37FO2. The molecule has 1 aromatic heterocycles. The van der Waals surface area contributed by atoms with Gasteiger partial charge in [0.15, 0.2) is 11.4 Å². The standard InChI is InChI=1S/C32H37FO2/c1-3-5-7-9-10-12-23-14-16-24(17-15-23)26-19-20-27-28-21-18-25(13-11-8-6-4-2)30(33)31(28)35-32(34)29(27)22-26/h14-22H,3-13H2,1-2H3. The molecule has 0 saturated carbocycles. The molecule has 0 N–H and O–H groups in total. The number of aryl methyl sites for hydroxylation is 2. The van der Waals surface area contributed by atoms with E-state index in [4.69, 9.17) is 4.42 Å². The van der Waals surface area contributed by atoms with E-state index in [9.17, 15) is 4.79 Å². The molecular weight excluding hydrogens is 435 g/mol. The first-order valence-corrected chi connectivity index (χ1v) is 13.4. The fourth-order valence-electron chi connectivity index (χ4n) is 4.92. The normalized spacial score (nSPS) is 11.5. The maximum atomic E-state index is 15.2. The van der Waals surface area contributed by atoms with E-state index < -0.39 is 11.4 Å². The highest BCUT2D eigenvalue weighted by Crippen LogP contribution is 2.30. The summed E-state index contributed by atoms with van der Waals surface area (Å²) in [6.45, 7) is 4.40. The monoisotopic (exact) mass is 472 g/mol. The van der Waals surface area contributed by atoms with Crippen LogP contribution in [-0.2, 0) is 12.8 Å². The van der Waals surface area contributed by atoms with Crippen LogP contribution < -0.4 is 5.63 Å². The van der Waals surface area contributed by atoms with Crippen molar-refractivity contribution in [1.29, 1.82) is 0 Å². The molecule has 0 spiro atoms. The van der Waals surface area contributed by atoms with Gasteiger partial charge in [-0.1, -0.05) is 107 Å². The molecule has 0 bridgehead atoms. The van der Waals surface area contributed by atoms with E-state index in [1.54, 1.807) is 0 Å². The molecule has 1 heterocycles. The van der Waals surface area contributed by atoms with Crippen molar-refractivity contribution in [3.05, 3.63) is 82.0 Å². The van der Waals surface area contributed by atoms with Gasteiger partial charge in [0.2, 0.25) is 0 Å². The Balaban J connectivity index is 1.56. The zero-order valence-electron chi connectivity index (χ0n) is 21.2. The van der Waals surface area contributed by atoms with Crippen LogP contribution in [0.1, 0.15) is 82.8 Å². The van der Waals surface area contributed by atoms with Crippen molar-refractivity contribution in [2.24, 2.45) is 0 Å². The van der Waals surface area contributed by atoms with Crippen molar-refractivity contribution in [2.45, 2.75) is 84.5 Å². The van der Waals surface area contributed by atoms with Gasteiger partial charge in [-0.15, -0.1) is 0 Å². The highest BCUT2D eigenvalue weighted by Gasteiger charge is 2.15. The van der Waals surface area contributed by atoms with E-state index >= 15 is 4.39 Å². The predicted molar refractivity (Wildman–Crippen MR) is 146 cm³/mol. The van der Waals surface area contributed by atoms with Crippen molar-refractivity contribution in [2.75, 3.05) is 0 Å². The first-order valence-electron chi connectivity index (χ1n) is 13.4. The SMILES string of the molecule is CCCCCCCc1ccc(-c2ccc3c(c2)c(=O)oc2c(F)c(CCCCCC)ccc23)cc1. The van der Waals surface area contributed by atoms with E-state index in [0.717, 1.165) is 48.6 Å². The number of fused-ring (bicyclic) bond motifs is 3. The van der Waals surface area contributed by atoms with Gasteiger partial charge in [-0.05, 0) is 54.0 Å². The minimum absolute atomic E-state index is 0.0755. The topological polar surface area (TPSA) is 30.2 Å². The van der Waals surface area contributed by atoms with Crippen LogP contribution in [0.4, 0.5) is 4.39 Å². The molecule has 35 heavy (non-hydrogen) atoms. The fraction of sp³-hybridized carbons (Fsp3) is 0.406. The summed E-state index contributed by atoms with van der Waals surface area (Å²) >= 11 is 0. The van der Waals surface area contributed by atoms with E-state index in [2.05, 4.69) is 38.1 Å². The van der Waals surface area contributed by atoms with Gasteiger partial charge in [-0.3, -0.25) is 0 Å². The second kappa shape index (κ2) is 12.2. The lowest BCUT2D eigenvalue weighted by Gasteiger charge is -2.09. The first-order chi connectivity index (χ1) is 17.1. The van der Waals surface area contributed by atoms with Crippen LogP contribution >= 0.6 is 0 Å². The molecule has 0 saturated heterocycles. The lowest BCUT2D eigenvalue weighted by molar-refractivity contribution is 0.522. The number of hydrogen-bond donors (Lipinski definition) is 0. The van der Waals surface area contributed by atoms with Gasteiger partial charge < -0.3 is 4.42 Å². The molecule has 0 amide bonds. The van der Waals surface area contributed by atoms with E-state index in [-0.39, 0.29) is 5.58 Å². The van der Waals surface area contributed by atoms with Crippen molar-refractivity contribution in [1.82, 2.24) is 0 Å². The summed E-state index contributed by atoms with van der Waals surface area (Å²) in [5.74, 6) is -0.396. The average Bonchev–Trinajstić information content (AvgIpc) is 2.88. The molecule has 3 aromatic carbocycles. The highest BCUT2D eigenvalue weighted by molar-refractivity contribution is 6.05. The molecule has 4 rings (SSSR count). The minimum Gasteiger partial charge on any atom is -0.419 e. The molecule has 4 aromatic rings. The molecule has 0 unspecified atom stereocenters. The van der Waals surface area contributed by atoms with Crippen LogP contribution in [0.2, 0.25) is 0 Å². The van der Waals surface area contributed by atoms with Gasteiger partial charge in [0, 0.05) is 10.8 Å². The van der Waals surface area contributed by atoms with Crippen LogP contribution in [0.25, 0.3) is 32.9 Å². The Labute approximate surface area is 208 Å². The number of benzene rings is 3. The Morgan fingerprint density at radius 2 is 1.29 bits per heavy atom. The maximum Gasteiger partial charge on any atom is 0.344 e. The third-order valence-corrected chi connectivity index (χ3v) is 7.06. The van der Waals surface area contributed by atoms with Crippen LogP contribution in [0.5, 0.6) is 0 Å². The zero-order chi connectivity index (χ0) is 24.6. The van der Waals surface area contributed by atoms with Gasteiger partial charge in [-0.2, -0.15) is 0 Å². The lowest BCUT2D eigenvalue weighted by atomic mass is 9.97. The molecule has 0 aliphatic heterocycles. The smallest absolute Gasteiger partial charge is 0.344 e. The zero-order valence-corrected chi connectivity index (χ0v) is 21.2. The lowest BCUT2D eigenvalue weighted by Crippen LogP contribution is -2.03. The van der Waals surface area contributed by atoms with E-state index in [1.807, 2.05) is 30.3 Å². The Morgan fingerprint density at radius 3 is 2.03 bits per heavy atom. The Morgan fingerprint density at radius 1 is 0.657 bits per heavy atom. The van der Waals surface area contributed by atoms with Gasteiger partial charge in [0.1, 0.15) is 0 Å². The summed E-state index contributed by atoms with van der Waals surface area (Å²) in [5, 5.41) is 1.88. The first kappa shape index (κ1) is 25.2. The molecule has 2 nitrogen and oxygen atoms in total. The Bertz CT molecular complexity index is 1320. The quantitative estimate of drug-likeness (QED) is 0.117. The van der Waals surface area contributed by atoms with Crippen LogP contribution in [0.3, 0.4) is 0 Å². The molecule has 0 aliphatic carbocycles. The van der Waals surface area contributed by atoms with Crippen molar-refractivity contribution < 1.29 is 8.81 Å².